The third-order valence-corrected chi connectivity index (χ3v) is 4.19. The summed E-state index contributed by atoms with van der Waals surface area (Å²) in [7, 11) is 0. The zero-order chi connectivity index (χ0) is 14.2. The molecule has 1 saturated carbocycles. The minimum atomic E-state index is -0.709. The lowest BCUT2D eigenvalue weighted by molar-refractivity contribution is -0.123. The first-order valence-corrected chi connectivity index (χ1v) is 7.09. The summed E-state index contributed by atoms with van der Waals surface area (Å²) in [4.78, 5) is 25.6. The first kappa shape index (κ1) is 15.8. The predicted molar refractivity (Wildman–Crippen MR) is 84.7 cm³/mol. The maximum absolute atomic E-state index is 12.1. The van der Waals surface area contributed by atoms with E-state index in [2.05, 4.69) is 5.32 Å². The molecule has 114 valence electrons. The van der Waals surface area contributed by atoms with Crippen LogP contribution in [0.5, 0.6) is 0 Å². The Hall–Kier alpha value is -1.59. The van der Waals surface area contributed by atoms with Crippen molar-refractivity contribution in [3.05, 3.63) is 24.3 Å². The molecule has 2 amide bonds. The highest BCUT2D eigenvalue weighted by atomic mass is 35.5. The van der Waals surface area contributed by atoms with Gasteiger partial charge in [-0.05, 0) is 43.9 Å². The molecule has 0 bridgehead atoms. The lowest BCUT2D eigenvalue weighted by Crippen LogP contribution is -2.56. The van der Waals surface area contributed by atoms with Crippen LogP contribution in [0.3, 0.4) is 0 Å². The third-order valence-electron chi connectivity index (χ3n) is 4.19. The first-order valence-electron chi connectivity index (χ1n) is 7.09. The van der Waals surface area contributed by atoms with Crippen molar-refractivity contribution in [3.63, 3.8) is 0 Å². The minimum absolute atomic E-state index is 0. The summed E-state index contributed by atoms with van der Waals surface area (Å²) in [5, 5.41) is 2.86. The number of nitrogens with one attached hydrogen (secondary N) is 1. The van der Waals surface area contributed by atoms with Gasteiger partial charge in [0, 0.05) is 24.3 Å². The first-order chi connectivity index (χ1) is 9.58. The van der Waals surface area contributed by atoms with Crippen LogP contribution in [0, 0.1) is 0 Å². The van der Waals surface area contributed by atoms with Gasteiger partial charge < -0.3 is 16.0 Å². The number of benzene rings is 1. The summed E-state index contributed by atoms with van der Waals surface area (Å²) >= 11 is 0. The van der Waals surface area contributed by atoms with Gasteiger partial charge in [-0.15, -0.1) is 12.4 Å². The van der Waals surface area contributed by atoms with Crippen LogP contribution in [-0.4, -0.2) is 23.9 Å². The lowest BCUT2D eigenvalue weighted by Gasteiger charge is -2.36. The van der Waals surface area contributed by atoms with E-state index in [9.17, 15) is 9.59 Å². The van der Waals surface area contributed by atoms with Crippen LogP contribution < -0.4 is 16.0 Å². The van der Waals surface area contributed by atoms with E-state index in [1.54, 1.807) is 4.90 Å². The summed E-state index contributed by atoms with van der Waals surface area (Å²) in [5.41, 5.74) is 6.83. The Kier molecular flexibility index (Phi) is 4.54. The minimum Gasteiger partial charge on any atom is -0.324 e. The number of nitrogens with zero attached hydrogens (tertiary/aromatic N) is 1. The molecular formula is C15H20ClN3O2. The molecule has 1 saturated heterocycles. The normalized spacial score (nSPS) is 19.7. The number of rotatable bonds is 3. The third kappa shape index (κ3) is 3.04. The zero-order valence-electron chi connectivity index (χ0n) is 11.8. The summed E-state index contributed by atoms with van der Waals surface area (Å²) in [6, 6.07) is 7.40. The van der Waals surface area contributed by atoms with Gasteiger partial charge in [0.1, 0.15) is 0 Å². The Balaban J connectivity index is 0.00000161. The van der Waals surface area contributed by atoms with Gasteiger partial charge in [0.25, 0.3) is 0 Å². The fourth-order valence-electron chi connectivity index (χ4n) is 2.71. The van der Waals surface area contributed by atoms with Gasteiger partial charge in [-0.3, -0.25) is 9.59 Å². The van der Waals surface area contributed by atoms with Crippen molar-refractivity contribution in [1.82, 2.24) is 0 Å². The Bertz CT molecular complexity index is 558. The zero-order valence-corrected chi connectivity index (χ0v) is 12.6. The van der Waals surface area contributed by atoms with Crippen molar-refractivity contribution in [3.8, 4) is 0 Å². The molecular weight excluding hydrogens is 290 g/mol. The molecule has 1 aromatic rings. The Morgan fingerprint density at radius 3 is 2.62 bits per heavy atom. The number of anilines is 2. The molecule has 3 rings (SSSR count). The average Bonchev–Trinajstić information content (AvgIpc) is 2.82. The largest absolute Gasteiger partial charge is 0.324 e. The second-order valence-corrected chi connectivity index (χ2v) is 5.66. The number of nitrogens with two attached hydrogens (primary N) is 1. The highest BCUT2D eigenvalue weighted by Crippen LogP contribution is 2.31. The molecule has 2 fully saturated rings. The van der Waals surface area contributed by atoms with E-state index >= 15 is 0 Å². The van der Waals surface area contributed by atoms with Crippen molar-refractivity contribution in [2.24, 2.45) is 5.73 Å². The maximum Gasteiger partial charge on any atom is 0.244 e. The smallest absolute Gasteiger partial charge is 0.244 e. The molecule has 6 heteroatoms. The predicted octanol–water partition coefficient (Wildman–Crippen LogP) is 2.06. The molecule has 21 heavy (non-hydrogen) atoms. The van der Waals surface area contributed by atoms with E-state index < -0.39 is 5.54 Å². The van der Waals surface area contributed by atoms with E-state index in [0.29, 0.717) is 12.1 Å². The summed E-state index contributed by atoms with van der Waals surface area (Å²) in [5.74, 6) is 0.0106. The highest BCUT2D eigenvalue weighted by molar-refractivity contribution is 6.00. The van der Waals surface area contributed by atoms with Gasteiger partial charge in [0.2, 0.25) is 11.8 Å². The molecule has 1 aromatic carbocycles. The van der Waals surface area contributed by atoms with E-state index in [0.717, 1.165) is 37.9 Å². The molecule has 1 aliphatic carbocycles. The summed E-state index contributed by atoms with van der Waals surface area (Å²) < 4.78 is 0. The molecule has 0 atom stereocenters. The molecule has 0 radical (unpaired) electrons. The van der Waals surface area contributed by atoms with Gasteiger partial charge in [-0.2, -0.15) is 0 Å². The van der Waals surface area contributed by atoms with E-state index in [1.807, 2.05) is 24.3 Å². The fraction of sp³-hybridized carbons (Fsp3) is 0.467. The van der Waals surface area contributed by atoms with Gasteiger partial charge in [-0.25, -0.2) is 0 Å². The summed E-state index contributed by atoms with van der Waals surface area (Å²) in [6.07, 6.45) is 3.97. The molecule has 0 aromatic heterocycles. The second kappa shape index (κ2) is 6.03. The Labute approximate surface area is 130 Å². The number of carbonyl (C=O) groups excluding carboxylic acids is 2. The van der Waals surface area contributed by atoms with Crippen molar-refractivity contribution in [1.29, 1.82) is 0 Å². The molecule has 2 aliphatic rings. The Morgan fingerprint density at radius 1 is 1.29 bits per heavy atom. The second-order valence-electron chi connectivity index (χ2n) is 5.66. The number of amides is 2. The SMILES string of the molecule is Cl.NC1(C(=O)Nc2cccc(N3CCCC3=O)c2)CCC1. The fourth-order valence-corrected chi connectivity index (χ4v) is 2.71. The molecule has 1 aliphatic heterocycles. The summed E-state index contributed by atoms with van der Waals surface area (Å²) in [6.45, 7) is 0.747. The number of carbonyl (C=O) groups is 2. The standard InChI is InChI=1S/C15H19N3O2.ClH/c16-15(7-3-8-15)14(20)17-11-4-1-5-12(10-11)18-9-2-6-13(18)19;/h1,4-5,10H,2-3,6-9,16H2,(H,17,20);1H. The topological polar surface area (TPSA) is 75.4 Å². The molecule has 0 unspecified atom stereocenters. The van der Waals surface area contributed by atoms with E-state index in [-0.39, 0.29) is 24.2 Å². The molecule has 1 heterocycles. The molecule has 0 spiro atoms. The van der Waals surface area contributed by atoms with Crippen LogP contribution in [-0.2, 0) is 9.59 Å². The van der Waals surface area contributed by atoms with Crippen LogP contribution in [0.15, 0.2) is 24.3 Å². The van der Waals surface area contributed by atoms with Gasteiger partial charge >= 0.3 is 0 Å². The molecule has 3 N–H and O–H groups in total. The van der Waals surface area contributed by atoms with Crippen molar-refractivity contribution in [2.75, 3.05) is 16.8 Å². The highest BCUT2D eigenvalue weighted by Gasteiger charge is 2.40. The van der Waals surface area contributed by atoms with Crippen LogP contribution in [0.4, 0.5) is 11.4 Å². The number of halogens is 1. The Morgan fingerprint density at radius 2 is 2.05 bits per heavy atom. The average molecular weight is 310 g/mol. The lowest BCUT2D eigenvalue weighted by atomic mass is 9.77. The van der Waals surface area contributed by atoms with Crippen molar-refractivity contribution >= 4 is 35.6 Å². The quantitative estimate of drug-likeness (QED) is 0.897. The van der Waals surface area contributed by atoms with Crippen LogP contribution in [0.1, 0.15) is 32.1 Å². The molecule has 5 nitrogen and oxygen atoms in total. The van der Waals surface area contributed by atoms with E-state index in [1.165, 1.54) is 0 Å². The van der Waals surface area contributed by atoms with Crippen molar-refractivity contribution < 1.29 is 9.59 Å². The monoisotopic (exact) mass is 309 g/mol. The van der Waals surface area contributed by atoms with Gasteiger partial charge in [-0.1, -0.05) is 6.07 Å². The van der Waals surface area contributed by atoms with Crippen LogP contribution in [0.25, 0.3) is 0 Å². The van der Waals surface area contributed by atoms with Crippen molar-refractivity contribution in [2.45, 2.75) is 37.6 Å². The van der Waals surface area contributed by atoms with Crippen LogP contribution in [0.2, 0.25) is 0 Å². The van der Waals surface area contributed by atoms with E-state index in [4.69, 9.17) is 5.73 Å². The number of hydrogen-bond acceptors (Lipinski definition) is 3. The van der Waals surface area contributed by atoms with Gasteiger partial charge in [0.05, 0.1) is 5.54 Å². The van der Waals surface area contributed by atoms with Gasteiger partial charge in [0.15, 0.2) is 0 Å². The number of hydrogen-bond donors (Lipinski definition) is 2. The van der Waals surface area contributed by atoms with Crippen LogP contribution >= 0.6 is 12.4 Å². The maximum atomic E-state index is 12.1.